The number of nitrogens with zero attached hydrogens (tertiary/aromatic N) is 5. The molecule has 0 saturated heterocycles. The first-order valence-corrected chi connectivity index (χ1v) is 4.39. The molecule has 0 aliphatic rings. The standard InChI is InChI=1S/C7H8ClN5O/c1-4-9-6(14-12-4)3-13-5(2)10-11-7(13)8/h3H2,1-2H3. The molecule has 0 amide bonds. The number of hydrogen-bond acceptors (Lipinski definition) is 5. The molecule has 2 rings (SSSR count). The fraction of sp³-hybridized carbons (Fsp3) is 0.429. The van der Waals surface area contributed by atoms with Crippen LogP contribution in [0.5, 0.6) is 0 Å². The predicted molar refractivity (Wildman–Crippen MR) is 47.9 cm³/mol. The van der Waals surface area contributed by atoms with Gasteiger partial charge in [0.05, 0.1) is 0 Å². The molecule has 7 heteroatoms. The zero-order chi connectivity index (χ0) is 10.1. The summed E-state index contributed by atoms with van der Waals surface area (Å²) in [5, 5.41) is 11.5. The van der Waals surface area contributed by atoms with E-state index in [2.05, 4.69) is 20.3 Å². The van der Waals surface area contributed by atoms with Crippen LogP contribution < -0.4 is 0 Å². The minimum absolute atomic E-state index is 0.318. The molecule has 0 atom stereocenters. The third kappa shape index (κ3) is 1.60. The monoisotopic (exact) mass is 213 g/mol. The molecule has 0 aliphatic heterocycles. The Morgan fingerprint density at radius 3 is 2.64 bits per heavy atom. The maximum Gasteiger partial charge on any atom is 0.246 e. The quantitative estimate of drug-likeness (QED) is 0.744. The highest BCUT2D eigenvalue weighted by Gasteiger charge is 2.10. The van der Waals surface area contributed by atoms with E-state index in [-0.39, 0.29) is 0 Å². The fourth-order valence-corrected chi connectivity index (χ4v) is 1.29. The van der Waals surface area contributed by atoms with Gasteiger partial charge in [-0.15, -0.1) is 10.2 Å². The van der Waals surface area contributed by atoms with Gasteiger partial charge in [-0.3, -0.25) is 4.57 Å². The highest BCUT2D eigenvalue weighted by molar-refractivity contribution is 6.28. The molecule has 0 saturated carbocycles. The van der Waals surface area contributed by atoms with Crippen molar-refractivity contribution >= 4 is 11.6 Å². The van der Waals surface area contributed by atoms with Crippen molar-refractivity contribution in [3.8, 4) is 0 Å². The maximum atomic E-state index is 5.80. The summed E-state index contributed by atoms with van der Waals surface area (Å²) in [5.41, 5.74) is 0. The molecule has 0 radical (unpaired) electrons. The van der Waals surface area contributed by atoms with E-state index in [0.29, 0.717) is 29.4 Å². The normalized spacial score (nSPS) is 10.8. The number of halogens is 1. The van der Waals surface area contributed by atoms with Gasteiger partial charge in [0, 0.05) is 0 Å². The van der Waals surface area contributed by atoms with Gasteiger partial charge in [-0.2, -0.15) is 4.98 Å². The van der Waals surface area contributed by atoms with Gasteiger partial charge < -0.3 is 4.52 Å². The molecule has 74 valence electrons. The Balaban J connectivity index is 2.26. The van der Waals surface area contributed by atoms with Gasteiger partial charge in [0.1, 0.15) is 12.4 Å². The van der Waals surface area contributed by atoms with Crippen LogP contribution in [0.4, 0.5) is 0 Å². The van der Waals surface area contributed by atoms with Crippen LogP contribution in [0.3, 0.4) is 0 Å². The second-order valence-electron chi connectivity index (χ2n) is 2.84. The average Bonchev–Trinajstić information content (AvgIpc) is 2.67. The van der Waals surface area contributed by atoms with Crippen molar-refractivity contribution in [3.63, 3.8) is 0 Å². The van der Waals surface area contributed by atoms with Gasteiger partial charge in [-0.1, -0.05) is 5.16 Å². The number of aryl methyl sites for hydroxylation is 2. The molecule has 2 aromatic heterocycles. The Morgan fingerprint density at radius 1 is 1.36 bits per heavy atom. The fourth-order valence-electron chi connectivity index (χ4n) is 1.07. The summed E-state index contributed by atoms with van der Waals surface area (Å²) < 4.78 is 6.64. The molecule has 0 N–H and O–H groups in total. The lowest BCUT2D eigenvalue weighted by molar-refractivity contribution is 0.366. The molecule has 0 aliphatic carbocycles. The number of aromatic nitrogens is 5. The first-order chi connectivity index (χ1) is 6.66. The molecule has 14 heavy (non-hydrogen) atoms. The third-order valence-corrected chi connectivity index (χ3v) is 2.03. The molecule has 6 nitrogen and oxygen atoms in total. The molecular formula is C7H8ClN5O. The first kappa shape index (κ1) is 9.14. The van der Waals surface area contributed by atoms with Crippen LogP contribution in [0.1, 0.15) is 17.5 Å². The molecular weight excluding hydrogens is 206 g/mol. The Labute approximate surface area is 84.9 Å². The summed E-state index contributed by atoms with van der Waals surface area (Å²) in [7, 11) is 0. The van der Waals surface area contributed by atoms with Gasteiger partial charge in [-0.05, 0) is 25.4 Å². The van der Waals surface area contributed by atoms with E-state index in [9.17, 15) is 0 Å². The predicted octanol–water partition coefficient (Wildman–Crippen LogP) is 0.980. The summed E-state index contributed by atoms with van der Waals surface area (Å²) in [6.45, 7) is 3.97. The topological polar surface area (TPSA) is 69.6 Å². The van der Waals surface area contributed by atoms with Gasteiger partial charge in [0.2, 0.25) is 11.2 Å². The van der Waals surface area contributed by atoms with Crippen molar-refractivity contribution in [2.45, 2.75) is 20.4 Å². The molecule has 0 aromatic carbocycles. The van der Waals surface area contributed by atoms with Crippen molar-refractivity contribution < 1.29 is 4.52 Å². The van der Waals surface area contributed by atoms with E-state index in [1.54, 1.807) is 11.5 Å². The Hall–Kier alpha value is -1.43. The van der Waals surface area contributed by atoms with Crippen molar-refractivity contribution in [1.82, 2.24) is 24.9 Å². The lowest BCUT2D eigenvalue weighted by atomic mass is 10.5. The van der Waals surface area contributed by atoms with E-state index in [1.807, 2.05) is 6.92 Å². The number of rotatable bonds is 2. The van der Waals surface area contributed by atoms with Crippen molar-refractivity contribution in [2.24, 2.45) is 0 Å². The second kappa shape index (κ2) is 3.38. The van der Waals surface area contributed by atoms with Crippen LogP contribution >= 0.6 is 11.6 Å². The minimum Gasteiger partial charge on any atom is -0.337 e. The number of hydrogen-bond donors (Lipinski definition) is 0. The lowest BCUT2D eigenvalue weighted by Crippen LogP contribution is -2.02. The second-order valence-corrected chi connectivity index (χ2v) is 3.18. The zero-order valence-corrected chi connectivity index (χ0v) is 8.49. The summed E-state index contributed by atoms with van der Waals surface area (Å²) in [5.74, 6) is 1.81. The van der Waals surface area contributed by atoms with E-state index in [0.717, 1.165) is 0 Å². The van der Waals surface area contributed by atoms with Crippen molar-refractivity contribution in [2.75, 3.05) is 0 Å². The smallest absolute Gasteiger partial charge is 0.246 e. The zero-order valence-electron chi connectivity index (χ0n) is 7.73. The van der Waals surface area contributed by atoms with Crippen LogP contribution in [0.2, 0.25) is 5.28 Å². The molecule has 0 bridgehead atoms. The van der Waals surface area contributed by atoms with E-state index < -0.39 is 0 Å². The molecule has 2 heterocycles. The molecule has 0 unspecified atom stereocenters. The van der Waals surface area contributed by atoms with Crippen LogP contribution in [0.15, 0.2) is 4.52 Å². The largest absolute Gasteiger partial charge is 0.337 e. The summed E-state index contributed by atoms with van der Waals surface area (Å²) in [4.78, 5) is 4.05. The Kier molecular flexibility index (Phi) is 2.20. The van der Waals surface area contributed by atoms with Crippen molar-refractivity contribution in [3.05, 3.63) is 22.8 Å². The highest BCUT2D eigenvalue weighted by Crippen LogP contribution is 2.09. The van der Waals surface area contributed by atoms with Crippen molar-refractivity contribution in [1.29, 1.82) is 0 Å². The molecule has 0 spiro atoms. The van der Waals surface area contributed by atoms with Crippen LogP contribution in [0, 0.1) is 13.8 Å². The summed E-state index contributed by atoms with van der Waals surface area (Å²) in [6, 6.07) is 0. The average molecular weight is 214 g/mol. The molecule has 2 aromatic rings. The van der Waals surface area contributed by atoms with Crippen LogP contribution in [-0.2, 0) is 6.54 Å². The van der Waals surface area contributed by atoms with Gasteiger partial charge >= 0.3 is 0 Å². The van der Waals surface area contributed by atoms with E-state index >= 15 is 0 Å². The van der Waals surface area contributed by atoms with Gasteiger partial charge in [0.15, 0.2) is 5.82 Å². The Morgan fingerprint density at radius 2 is 2.14 bits per heavy atom. The van der Waals surface area contributed by atoms with E-state index in [4.69, 9.17) is 16.1 Å². The van der Waals surface area contributed by atoms with E-state index in [1.165, 1.54) is 0 Å². The molecule has 0 fully saturated rings. The summed E-state index contributed by atoms with van der Waals surface area (Å²) in [6.07, 6.45) is 0. The highest BCUT2D eigenvalue weighted by atomic mass is 35.5. The lowest BCUT2D eigenvalue weighted by Gasteiger charge is -1.99. The first-order valence-electron chi connectivity index (χ1n) is 4.01. The van der Waals surface area contributed by atoms with Gasteiger partial charge in [0.25, 0.3) is 0 Å². The van der Waals surface area contributed by atoms with Gasteiger partial charge in [-0.25, -0.2) is 0 Å². The van der Waals surface area contributed by atoms with Crippen LogP contribution in [-0.4, -0.2) is 24.9 Å². The third-order valence-electron chi connectivity index (χ3n) is 1.75. The Bertz CT molecular complexity index is 429. The van der Waals surface area contributed by atoms with Crippen LogP contribution in [0.25, 0.3) is 0 Å². The SMILES string of the molecule is Cc1noc(Cn2c(C)nnc2Cl)n1. The minimum atomic E-state index is 0.318. The maximum absolute atomic E-state index is 5.80. The summed E-state index contributed by atoms with van der Waals surface area (Å²) >= 11 is 5.80.